The molecule has 0 saturated carbocycles. The maximum Gasteiger partial charge on any atom is 0.232 e. The van der Waals surface area contributed by atoms with Crippen LogP contribution in [0.15, 0.2) is 73.1 Å². The van der Waals surface area contributed by atoms with Crippen molar-refractivity contribution in [2.45, 2.75) is 12.3 Å². The molecule has 0 bridgehead atoms. The lowest BCUT2D eigenvalue weighted by molar-refractivity contribution is -0.117. The zero-order chi connectivity index (χ0) is 18.4. The number of carbonyl (C=O) groups is 1. The van der Waals surface area contributed by atoms with Gasteiger partial charge >= 0.3 is 0 Å². The second kappa shape index (κ2) is 8.28. The first kappa shape index (κ1) is 17.7. The van der Waals surface area contributed by atoms with E-state index < -0.39 is 0 Å². The Hall–Kier alpha value is -3.16. The molecule has 0 aliphatic rings. The molecular weight excluding hydrogens is 346 g/mol. The van der Waals surface area contributed by atoms with Crippen molar-refractivity contribution in [3.8, 4) is 6.07 Å². The van der Waals surface area contributed by atoms with Crippen molar-refractivity contribution >= 4 is 23.2 Å². The summed E-state index contributed by atoms with van der Waals surface area (Å²) in [7, 11) is 0. The molecule has 1 heterocycles. The Morgan fingerprint density at radius 1 is 1.04 bits per heavy atom. The third kappa shape index (κ3) is 4.47. The van der Waals surface area contributed by atoms with Gasteiger partial charge in [0.15, 0.2) is 0 Å². The number of nitrogens with one attached hydrogen (secondary N) is 1. The zero-order valence-corrected chi connectivity index (χ0v) is 14.6. The largest absolute Gasteiger partial charge is 0.326 e. The highest BCUT2D eigenvalue weighted by atomic mass is 35.5. The van der Waals surface area contributed by atoms with Gasteiger partial charge in [-0.2, -0.15) is 5.26 Å². The van der Waals surface area contributed by atoms with E-state index in [1.165, 1.54) is 0 Å². The van der Waals surface area contributed by atoms with Crippen LogP contribution in [0.1, 0.15) is 22.6 Å². The van der Waals surface area contributed by atoms with Crippen molar-refractivity contribution in [1.82, 2.24) is 4.98 Å². The second-order valence-electron chi connectivity index (χ2n) is 5.84. The van der Waals surface area contributed by atoms with Gasteiger partial charge in [-0.05, 0) is 66.1 Å². The lowest BCUT2D eigenvalue weighted by Crippen LogP contribution is -2.23. The first-order valence-electron chi connectivity index (χ1n) is 8.11. The molecular formula is C21H16ClN3O. The summed E-state index contributed by atoms with van der Waals surface area (Å²) in [5.74, 6) is -0.487. The molecule has 0 aliphatic heterocycles. The summed E-state index contributed by atoms with van der Waals surface area (Å²) in [5.41, 5.74) is 3.11. The highest BCUT2D eigenvalue weighted by Crippen LogP contribution is 2.24. The molecule has 5 heteroatoms. The van der Waals surface area contributed by atoms with Crippen LogP contribution in [0.2, 0.25) is 5.02 Å². The van der Waals surface area contributed by atoms with Gasteiger partial charge in [0.1, 0.15) is 0 Å². The van der Waals surface area contributed by atoms with E-state index in [0.717, 1.165) is 11.1 Å². The Bertz CT molecular complexity index is 916. The molecule has 0 spiro atoms. The van der Waals surface area contributed by atoms with Crippen LogP contribution in [0.4, 0.5) is 5.69 Å². The monoisotopic (exact) mass is 361 g/mol. The molecule has 1 unspecified atom stereocenters. The summed E-state index contributed by atoms with van der Waals surface area (Å²) in [6, 6.07) is 20.0. The van der Waals surface area contributed by atoms with E-state index in [9.17, 15) is 4.79 Å². The quantitative estimate of drug-likeness (QED) is 0.723. The molecule has 0 aliphatic carbocycles. The molecule has 1 N–H and O–H groups in total. The standard InChI is InChI=1S/C21H16ClN3O/c22-18-5-3-17(4-6-18)20(13-15-9-11-24-12-10-15)21(26)25-19-7-1-16(14-23)2-8-19/h1-12,20H,13H2,(H,25,26). The second-order valence-corrected chi connectivity index (χ2v) is 6.28. The van der Waals surface area contributed by atoms with Gasteiger partial charge < -0.3 is 5.32 Å². The Balaban J connectivity index is 1.84. The first-order chi connectivity index (χ1) is 12.7. The maximum atomic E-state index is 12.9. The molecule has 0 fully saturated rings. The van der Waals surface area contributed by atoms with Gasteiger partial charge in [-0.3, -0.25) is 9.78 Å². The number of benzene rings is 2. The van der Waals surface area contributed by atoms with Crippen LogP contribution in [-0.2, 0) is 11.2 Å². The molecule has 2 aromatic carbocycles. The Kier molecular flexibility index (Phi) is 5.62. The van der Waals surface area contributed by atoms with E-state index in [2.05, 4.69) is 16.4 Å². The Morgan fingerprint density at radius 2 is 1.69 bits per heavy atom. The minimum atomic E-state index is -0.370. The topological polar surface area (TPSA) is 65.8 Å². The van der Waals surface area contributed by atoms with E-state index in [1.807, 2.05) is 24.3 Å². The van der Waals surface area contributed by atoms with Crippen LogP contribution in [0.3, 0.4) is 0 Å². The van der Waals surface area contributed by atoms with Crippen LogP contribution in [0.25, 0.3) is 0 Å². The minimum Gasteiger partial charge on any atom is -0.326 e. The van der Waals surface area contributed by atoms with E-state index in [-0.39, 0.29) is 11.8 Å². The Morgan fingerprint density at radius 3 is 2.31 bits per heavy atom. The first-order valence-corrected chi connectivity index (χ1v) is 8.49. The van der Waals surface area contributed by atoms with Gasteiger partial charge in [0.05, 0.1) is 17.6 Å². The maximum absolute atomic E-state index is 12.9. The van der Waals surface area contributed by atoms with Gasteiger partial charge in [-0.15, -0.1) is 0 Å². The molecule has 4 nitrogen and oxygen atoms in total. The van der Waals surface area contributed by atoms with Crippen molar-refractivity contribution in [2.24, 2.45) is 0 Å². The lowest BCUT2D eigenvalue weighted by Gasteiger charge is -2.18. The number of carbonyl (C=O) groups excluding carboxylic acids is 1. The smallest absolute Gasteiger partial charge is 0.232 e. The van der Waals surface area contributed by atoms with Crippen molar-refractivity contribution in [3.63, 3.8) is 0 Å². The number of nitrogens with zero attached hydrogens (tertiary/aromatic N) is 2. The number of anilines is 1. The van der Waals surface area contributed by atoms with Gasteiger partial charge in [0.2, 0.25) is 5.91 Å². The molecule has 128 valence electrons. The number of aromatic nitrogens is 1. The zero-order valence-electron chi connectivity index (χ0n) is 13.9. The molecule has 0 radical (unpaired) electrons. The van der Waals surface area contributed by atoms with Gasteiger partial charge in [-0.1, -0.05) is 23.7 Å². The van der Waals surface area contributed by atoms with Crippen LogP contribution in [0, 0.1) is 11.3 Å². The third-order valence-corrected chi connectivity index (χ3v) is 4.31. The fourth-order valence-corrected chi connectivity index (χ4v) is 2.80. The summed E-state index contributed by atoms with van der Waals surface area (Å²) in [6.07, 6.45) is 3.98. The van der Waals surface area contributed by atoms with E-state index >= 15 is 0 Å². The summed E-state index contributed by atoms with van der Waals surface area (Å²) in [4.78, 5) is 17.0. The number of halogens is 1. The van der Waals surface area contributed by atoms with E-state index in [1.54, 1.807) is 48.8 Å². The SMILES string of the molecule is N#Cc1ccc(NC(=O)C(Cc2ccncc2)c2ccc(Cl)cc2)cc1. The number of hydrogen-bond donors (Lipinski definition) is 1. The third-order valence-electron chi connectivity index (χ3n) is 4.06. The summed E-state index contributed by atoms with van der Waals surface area (Å²) >= 11 is 5.98. The van der Waals surface area contributed by atoms with E-state index in [0.29, 0.717) is 22.7 Å². The van der Waals surface area contributed by atoms with Crippen LogP contribution in [0.5, 0.6) is 0 Å². The predicted octanol–water partition coefficient (Wildman–Crippen LogP) is 4.57. The van der Waals surface area contributed by atoms with Gasteiger partial charge in [-0.25, -0.2) is 0 Å². The van der Waals surface area contributed by atoms with Gasteiger partial charge in [0, 0.05) is 23.1 Å². The van der Waals surface area contributed by atoms with Crippen LogP contribution in [-0.4, -0.2) is 10.9 Å². The number of rotatable bonds is 5. The van der Waals surface area contributed by atoms with Crippen LogP contribution < -0.4 is 5.32 Å². The molecule has 3 aromatic rings. The molecule has 1 amide bonds. The van der Waals surface area contributed by atoms with E-state index in [4.69, 9.17) is 16.9 Å². The fraction of sp³-hybridized carbons (Fsp3) is 0.0952. The highest BCUT2D eigenvalue weighted by Gasteiger charge is 2.21. The fourth-order valence-electron chi connectivity index (χ4n) is 2.67. The minimum absolute atomic E-state index is 0.117. The normalized spacial score (nSPS) is 11.4. The molecule has 1 atom stereocenters. The van der Waals surface area contributed by atoms with Crippen molar-refractivity contribution in [2.75, 3.05) is 5.32 Å². The number of amides is 1. The van der Waals surface area contributed by atoms with Crippen molar-refractivity contribution in [1.29, 1.82) is 5.26 Å². The average molecular weight is 362 g/mol. The summed E-state index contributed by atoms with van der Waals surface area (Å²) < 4.78 is 0. The predicted molar refractivity (Wildman–Crippen MR) is 102 cm³/mol. The lowest BCUT2D eigenvalue weighted by atomic mass is 9.91. The van der Waals surface area contributed by atoms with Crippen LogP contribution >= 0.6 is 11.6 Å². The number of pyridine rings is 1. The van der Waals surface area contributed by atoms with Crippen molar-refractivity contribution in [3.05, 3.63) is 94.8 Å². The van der Waals surface area contributed by atoms with Crippen molar-refractivity contribution < 1.29 is 4.79 Å². The molecule has 1 aromatic heterocycles. The number of nitriles is 1. The van der Waals surface area contributed by atoms with Gasteiger partial charge in [0.25, 0.3) is 0 Å². The summed E-state index contributed by atoms with van der Waals surface area (Å²) in [5, 5.41) is 12.4. The molecule has 3 rings (SSSR count). The Labute approximate surface area is 157 Å². The average Bonchev–Trinajstić information content (AvgIpc) is 2.68. The molecule has 0 saturated heterocycles. The molecule has 26 heavy (non-hydrogen) atoms. The number of hydrogen-bond acceptors (Lipinski definition) is 3. The summed E-state index contributed by atoms with van der Waals surface area (Å²) in [6.45, 7) is 0. The highest BCUT2D eigenvalue weighted by molar-refractivity contribution is 6.30.